The number of carbonyl (C=O) groups is 8. The van der Waals surface area contributed by atoms with Gasteiger partial charge in [-0.1, -0.05) is 245 Å². The van der Waals surface area contributed by atoms with Crippen molar-refractivity contribution in [2.24, 2.45) is 16.7 Å². The minimum absolute atomic E-state index is 0.0181. The first-order valence-electron chi connectivity index (χ1n) is 42.9. The Hall–Kier alpha value is -6.11. The second kappa shape index (κ2) is 49.3. The number of aliphatic hydroxyl groups excluding tert-OH is 2. The van der Waals surface area contributed by atoms with Gasteiger partial charge in [0.2, 0.25) is 12.0 Å². The van der Waals surface area contributed by atoms with Crippen LogP contribution in [0, 0.1) is 16.7 Å². The van der Waals surface area contributed by atoms with E-state index in [4.69, 9.17) is 51.7 Å². The highest BCUT2D eigenvalue weighted by Crippen LogP contribution is 2.64. The van der Waals surface area contributed by atoms with Crippen molar-refractivity contribution in [2.75, 3.05) is 72.2 Å². The van der Waals surface area contributed by atoms with Gasteiger partial charge in [0.1, 0.15) is 74.1 Å². The van der Waals surface area contributed by atoms with Crippen molar-refractivity contribution in [2.45, 2.75) is 321 Å². The largest absolute Gasteiger partial charge is 0.756 e. The Labute approximate surface area is 708 Å². The number of alkyl carbamates (subject to hydrolysis) is 1. The van der Waals surface area contributed by atoms with Crippen LogP contribution in [0.5, 0.6) is 0 Å². The molecule has 2 amide bonds. The second-order valence-electron chi connectivity index (χ2n) is 34.6. The molecule has 2 aromatic carbocycles. The highest BCUT2D eigenvalue weighted by atomic mass is 33.1. The summed E-state index contributed by atoms with van der Waals surface area (Å²) in [5.74, 6) is -5.86. The van der Waals surface area contributed by atoms with Gasteiger partial charge >= 0.3 is 36.3 Å². The lowest BCUT2D eigenvalue weighted by Crippen LogP contribution is -2.81. The van der Waals surface area contributed by atoms with Gasteiger partial charge < -0.3 is 87.0 Å². The molecule has 14 atom stereocenters. The monoisotopic (exact) mass is 1720 g/mol. The van der Waals surface area contributed by atoms with Gasteiger partial charge in [0.05, 0.1) is 63.4 Å². The first-order chi connectivity index (χ1) is 55.9. The van der Waals surface area contributed by atoms with Gasteiger partial charge in [0, 0.05) is 43.1 Å². The van der Waals surface area contributed by atoms with E-state index in [1.165, 1.54) is 170 Å². The molecule has 0 radical (unpaired) electrons. The molecule has 666 valence electrons. The van der Waals surface area contributed by atoms with Crippen molar-refractivity contribution >= 4 is 77.4 Å². The summed E-state index contributed by atoms with van der Waals surface area (Å²) in [6, 6.07) is 12.9. The number of phosphoric acid groups is 1. The Kier molecular flexibility index (Phi) is 42.0. The summed E-state index contributed by atoms with van der Waals surface area (Å²) in [7, 11) is 3.20. The van der Waals surface area contributed by atoms with E-state index in [0.29, 0.717) is 23.9 Å². The standard InChI is InChI=1S/C88H138N3O24PS2/c1-14-16-18-20-22-24-26-28-30-32-34-36-44-50-67(66(60-109-116(103,104)108-53-52-91(11,12)13)89-71(94)51-45-37-35-33-31-29-27-25-23-21-19-17-15-2)111-82(100)105-54-56-117-118-57-55-106-83(101)112-75(73(64-46-40-38-41-47-64)90-81(99)115-84(5,6)7)80(98)110-68-59-88(102)78(113-79(97)65-48-42-39-43-49-65)76-86(10,77(96)74(95)72(62(68)3)85(88,8)9)69(93)58-70-87(76,61-107-70)114-63(4)92/h38-44,46-50,66-70,73-76,78,93,95,102H,14-37,45,51-61H2,1-13H3,(H2-,89,90,94,99,103,104)/b50-44+/t66-,67+,68-,69-,70+,73-,74+,75+,76-,78-,86+,87-,88+/m0/s1. The van der Waals surface area contributed by atoms with E-state index in [1.54, 1.807) is 63.2 Å². The molecule has 2 saturated carbocycles. The molecular weight excluding hydrogens is 1580 g/mol. The topological polar surface area (TPSA) is 363 Å². The molecule has 0 aromatic heterocycles. The third kappa shape index (κ3) is 31.0. The smallest absolute Gasteiger partial charge is 0.509 e. The van der Waals surface area contributed by atoms with Crippen molar-refractivity contribution in [3.8, 4) is 0 Å². The van der Waals surface area contributed by atoms with Gasteiger partial charge in [-0.3, -0.25) is 18.9 Å². The summed E-state index contributed by atoms with van der Waals surface area (Å²) < 4.78 is 77.8. The summed E-state index contributed by atoms with van der Waals surface area (Å²) in [4.78, 5) is 128. The van der Waals surface area contributed by atoms with Crippen molar-refractivity contribution < 1.29 is 119 Å². The summed E-state index contributed by atoms with van der Waals surface area (Å²) in [5, 5.41) is 44.4. The Morgan fingerprint density at radius 1 is 0.712 bits per heavy atom. The zero-order valence-electron chi connectivity index (χ0n) is 72.3. The average Bonchev–Trinajstić information content (AvgIpc) is 0.669. The molecule has 1 heterocycles. The number of hydrogen-bond donors (Lipinski definition) is 5. The Morgan fingerprint density at radius 3 is 1.75 bits per heavy atom. The Balaban J connectivity index is 1.17. The van der Waals surface area contributed by atoms with Gasteiger partial charge in [-0.05, 0) is 88.8 Å². The number of hydrogen-bond acceptors (Lipinski definition) is 26. The lowest BCUT2D eigenvalue weighted by molar-refractivity contribution is -0.870. The van der Waals surface area contributed by atoms with E-state index in [-0.39, 0.29) is 79.0 Å². The summed E-state index contributed by atoms with van der Waals surface area (Å²) in [6.07, 6.45) is 15.3. The van der Waals surface area contributed by atoms with E-state index < -0.39 is 151 Å². The minimum atomic E-state index is -4.92. The van der Waals surface area contributed by atoms with Gasteiger partial charge in [0.25, 0.3) is 7.82 Å². The minimum Gasteiger partial charge on any atom is -0.756 e. The van der Waals surface area contributed by atoms with Crippen LogP contribution in [0.4, 0.5) is 14.4 Å². The van der Waals surface area contributed by atoms with Crippen molar-refractivity contribution in [3.05, 3.63) is 95.1 Å². The molecule has 1 unspecified atom stereocenters. The van der Waals surface area contributed by atoms with Crippen molar-refractivity contribution in [3.63, 3.8) is 0 Å². The number of fused-ring (bicyclic) bond motifs is 5. The number of phosphoric ester groups is 1. The molecule has 2 aromatic rings. The third-order valence-electron chi connectivity index (χ3n) is 22.8. The number of ketones is 1. The van der Waals surface area contributed by atoms with E-state index in [2.05, 4.69) is 24.5 Å². The first-order valence-corrected chi connectivity index (χ1v) is 46.8. The molecular formula is C88H138N3O24PS2. The number of likely N-dealkylation sites (N-methyl/N-ethyl adjacent to an activating group) is 1. The zero-order chi connectivity index (χ0) is 86.7. The first kappa shape index (κ1) is 101. The van der Waals surface area contributed by atoms with Crippen LogP contribution in [-0.4, -0.2) is 206 Å². The van der Waals surface area contributed by atoms with Crippen LogP contribution in [0.3, 0.4) is 0 Å². The number of aliphatic hydroxyl groups is 3. The molecule has 4 aliphatic rings. The van der Waals surface area contributed by atoms with E-state index >= 15 is 9.59 Å². The molecule has 2 bridgehead atoms. The SMILES string of the molecule is CCCCCCCCCCCCC/C=C/[C@@H](OC(=O)OCCSSCCOC(=O)O[C@@H](C(=O)O[C@H]1C[C@@]2(O)[C@@H](OC(=O)c3ccccc3)[C@@H]3[C@]4(OC(C)=O)CO[C@@H]4C[C@H](O)[C@@]3(C)C(=O)[C@H](O)C(=C1C)C2(C)C)[C@@H](NC(=O)OC(C)(C)C)c1ccccc1)[C@H](COP(=O)([O-])OCC[N+](C)(C)C)NC(=O)CCCCCCCCCCCCCCC. The van der Waals surface area contributed by atoms with Crippen LogP contribution in [0.2, 0.25) is 0 Å². The van der Waals surface area contributed by atoms with E-state index in [1.807, 2.05) is 27.2 Å². The lowest BCUT2D eigenvalue weighted by Gasteiger charge is -2.67. The number of nitrogens with one attached hydrogen (secondary N) is 2. The maximum atomic E-state index is 15.5. The number of amides is 2. The third-order valence-corrected chi connectivity index (χ3v) is 26.1. The summed E-state index contributed by atoms with van der Waals surface area (Å²) in [5.41, 5.74) is -9.23. The summed E-state index contributed by atoms with van der Waals surface area (Å²) >= 11 is 0. The van der Waals surface area contributed by atoms with Crippen LogP contribution >= 0.6 is 29.4 Å². The fraction of sp³-hybridized carbons (Fsp3) is 0.727. The number of quaternary nitrogens is 1. The number of benzene rings is 2. The summed E-state index contributed by atoms with van der Waals surface area (Å²) in [6.45, 7) is 15.0. The van der Waals surface area contributed by atoms with Crippen molar-refractivity contribution in [1.82, 2.24) is 10.6 Å². The molecule has 1 aliphatic heterocycles. The fourth-order valence-electron chi connectivity index (χ4n) is 16.2. The maximum Gasteiger partial charge on any atom is 0.509 e. The number of carbonyl (C=O) groups excluding carboxylic acids is 8. The molecule has 27 nitrogen and oxygen atoms in total. The molecule has 0 spiro atoms. The Morgan fingerprint density at radius 2 is 1.24 bits per heavy atom. The number of esters is 3. The average molecular weight is 1720 g/mol. The van der Waals surface area contributed by atoms with Gasteiger partial charge in [-0.2, -0.15) is 0 Å². The maximum absolute atomic E-state index is 15.5. The molecule has 1 saturated heterocycles. The quantitative estimate of drug-likeness (QED) is 0.00781. The van der Waals surface area contributed by atoms with E-state index in [9.17, 15) is 53.5 Å². The second-order valence-corrected chi connectivity index (χ2v) is 38.7. The lowest BCUT2D eigenvalue weighted by atomic mass is 9.44. The van der Waals surface area contributed by atoms with Crippen LogP contribution in [0.25, 0.3) is 0 Å². The molecule has 30 heteroatoms. The predicted molar refractivity (Wildman–Crippen MR) is 450 cm³/mol. The van der Waals surface area contributed by atoms with Crippen molar-refractivity contribution in [1.29, 1.82) is 0 Å². The van der Waals surface area contributed by atoms with Crippen LogP contribution in [-0.2, 0) is 75.4 Å². The Bertz CT molecular complexity index is 3580. The fourth-order valence-corrected chi connectivity index (χ4v) is 18.6. The normalized spacial score (nSPS) is 23.7. The molecule has 3 aliphatic carbocycles. The molecule has 118 heavy (non-hydrogen) atoms. The highest BCUT2D eigenvalue weighted by molar-refractivity contribution is 8.76. The predicted octanol–water partition coefficient (Wildman–Crippen LogP) is 15.8. The molecule has 5 N–H and O–H groups in total. The van der Waals surface area contributed by atoms with Gasteiger partial charge in [-0.25, -0.2) is 24.0 Å². The van der Waals surface area contributed by atoms with Crippen LogP contribution in [0.1, 0.15) is 271 Å². The number of unbranched alkanes of at least 4 members (excludes halogenated alkanes) is 23. The molecule has 6 rings (SSSR count). The number of nitrogens with zero attached hydrogens (tertiary/aromatic N) is 1. The van der Waals surface area contributed by atoms with E-state index in [0.717, 1.165) is 58.3 Å². The molecule has 3 fully saturated rings. The number of ether oxygens (including phenoxy) is 9. The number of Topliss-reactive ketones (excluding diaryl/α,β-unsaturated/α-hetero) is 1. The zero-order valence-corrected chi connectivity index (χ0v) is 74.8. The van der Waals surface area contributed by atoms with Crippen LogP contribution in [0.15, 0.2) is 84.0 Å². The van der Waals surface area contributed by atoms with Gasteiger partial charge in [0.15, 0.2) is 11.4 Å². The van der Waals surface area contributed by atoms with Gasteiger partial charge in [-0.15, -0.1) is 0 Å². The highest BCUT2D eigenvalue weighted by Gasteiger charge is 2.78. The number of allylic oxidation sites excluding steroid dienone is 1. The number of rotatable bonds is 53. The van der Waals surface area contributed by atoms with Crippen LogP contribution < -0.4 is 15.5 Å².